The molecule has 0 saturated heterocycles. The van der Waals surface area contributed by atoms with Crippen molar-refractivity contribution in [3.05, 3.63) is 107 Å². The van der Waals surface area contributed by atoms with Gasteiger partial charge in [-0.2, -0.15) is 5.26 Å². The Morgan fingerprint density at radius 3 is 2.06 bits per heavy atom. The highest BCUT2D eigenvalue weighted by molar-refractivity contribution is 6.06. The number of nitrogens with zero attached hydrogens (tertiary/aromatic N) is 3. The van der Waals surface area contributed by atoms with Gasteiger partial charge in [0.15, 0.2) is 0 Å². The molecule has 0 spiro atoms. The summed E-state index contributed by atoms with van der Waals surface area (Å²) < 4.78 is 12.0. The highest BCUT2D eigenvalue weighted by Gasteiger charge is 2.43. The number of carbonyl (C=O) groups is 2. The van der Waals surface area contributed by atoms with Crippen LogP contribution in [0, 0.1) is 11.3 Å². The Balaban J connectivity index is 2.09. The second-order valence-electron chi connectivity index (χ2n) is 7.41. The monoisotopic (exact) mass is 454 g/mol. The van der Waals surface area contributed by atoms with Gasteiger partial charge in [0.05, 0.1) is 48.7 Å². The summed E-state index contributed by atoms with van der Waals surface area (Å²) in [5.41, 5.74) is 8.32. The molecule has 8 heteroatoms. The van der Waals surface area contributed by atoms with E-state index in [9.17, 15) is 14.9 Å². The lowest BCUT2D eigenvalue weighted by Crippen LogP contribution is -2.41. The van der Waals surface area contributed by atoms with E-state index in [0.29, 0.717) is 16.9 Å². The van der Waals surface area contributed by atoms with E-state index >= 15 is 0 Å². The molecule has 2 heterocycles. The average molecular weight is 454 g/mol. The Hall–Kier alpha value is -4.77. The summed E-state index contributed by atoms with van der Waals surface area (Å²) in [6, 6.07) is 22.0. The molecule has 170 valence electrons. The van der Waals surface area contributed by atoms with Crippen molar-refractivity contribution in [3.63, 3.8) is 0 Å². The first kappa shape index (κ1) is 22.4. The molecule has 3 aromatic rings. The van der Waals surface area contributed by atoms with Gasteiger partial charge in [-0.25, -0.2) is 9.59 Å². The standard InChI is InChI=1S/C26H22N4O4/c1-33-25(31)22-21(17-10-4-3-5-11-17)18(16-27)24(28)30(23(22)26(32)34-2)20-13-7-6-12-19(20)29-14-8-9-15-29/h3-15,21H,28H2,1-2H3. The predicted octanol–water partition coefficient (Wildman–Crippen LogP) is 3.38. The maximum atomic E-state index is 13.2. The molecular formula is C26H22N4O4. The van der Waals surface area contributed by atoms with Gasteiger partial charge in [0.1, 0.15) is 11.5 Å². The summed E-state index contributed by atoms with van der Waals surface area (Å²) in [7, 11) is 2.44. The lowest BCUT2D eigenvalue weighted by Gasteiger charge is -2.36. The molecule has 8 nitrogen and oxygen atoms in total. The molecule has 0 amide bonds. The fraction of sp³-hybridized carbons (Fsp3) is 0.115. The number of nitrogens with two attached hydrogens (primary N) is 1. The molecule has 0 fully saturated rings. The summed E-state index contributed by atoms with van der Waals surface area (Å²) in [5.74, 6) is -2.45. The van der Waals surface area contributed by atoms with Crippen LogP contribution >= 0.6 is 0 Å². The van der Waals surface area contributed by atoms with Crippen LogP contribution in [0.2, 0.25) is 0 Å². The Labute approximate surface area is 196 Å². The number of anilines is 1. The van der Waals surface area contributed by atoms with Crippen molar-refractivity contribution < 1.29 is 19.1 Å². The Bertz CT molecular complexity index is 1330. The summed E-state index contributed by atoms with van der Waals surface area (Å²) in [6.07, 6.45) is 3.67. The molecular weight excluding hydrogens is 432 g/mol. The minimum Gasteiger partial charge on any atom is -0.466 e. The molecule has 2 aromatic carbocycles. The third-order valence-corrected chi connectivity index (χ3v) is 5.62. The van der Waals surface area contributed by atoms with Gasteiger partial charge in [-0.15, -0.1) is 0 Å². The van der Waals surface area contributed by atoms with Crippen molar-refractivity contribution in [3.8, 4) is 11.8 Å². The van der Waals surface area contributed by atoms with Crippen molar-refractivity contribution in [2.45, 2.75) is 5.92 Å². The van der Waals surface area contributed by atoms with E-state index in [1.807, 2.05) is 47.3 Å². The lowest BCUT2D eigenvalue weighted by atomic mass is 9.81. The van der Waals surface area contributed by atoms with Gasteiger partial charge in [-0.1, -0.05) is 42.5 Å². The van der Waals surface area contributed by atoms with Crippen molar-refractivity contribution in [2.75, 3.05) is 19.1 Å². The normalized spacial score (nSPS) is 15.7. The van der Waals surface area contributed by atoms with Gasteiger partial charge >= 0.3 is 11.9 Å². The molecule has 0 radical (unpaired) electrons. The number of carbonyl (C=O) groups excluding carboxylic acids is 2. The summed E-state index contributed by atoms with van der Waals surface area (Å²) >= 11 is 0. The van der Waals surface area contributed by atoms with Crippen LogP contribution in [-0.2, 0) is 19.1 Å². The van der Waals surface area contributed by atoms with Gasteiger partial charge < -0.3 is 19.8 Å². The number of esters is 2. The zero-order chi connectivity index (χ0) is 24.2. The van der Waals surface area contributed by atoms with Gasteiger partial charge in [0.2, 0.25) is 0 Å². The fourth-order valence-electron chi connectivity index (χ4n) is 4.13. The number of hydrogen-bond acceptors (Lipinski definition) is 7. The first-order valence-corrected chi connectivity index (χ1v) is 10.4. The first-order valence-electron chi connectivity index (χ1n) is 10.4. The van der Waals surface area contributed by atoms with Crippen molar-refractivity contribution in [1.82, 2.24) is 4.57 Å². The number of aromatic nitrogens is 1. The van der Waals surface area contributed by atoms with E-state index in [0.717, 1.165) is 0 Å². The number of hydrogen-bond donors (Lipinski definition) is 1. The van der Waals surface area contributed by atoms with E-state index in [2.05, 4.69) is 6.07 Å². The Kier molecular flexibility index (Phi) is 6.19. The Morgan fingerprint density at radius 1 is 0.882 bits per heavy atom. The van der Waals surface area contributed by atoms with Gasteiger partial charge in [0.25, 0.3) is 0 Å². The number of allylic oxidation sites excluding steroid dienone is 1. The second-order valence-corrected chi connectivity index (χ2v) is 7.41. The van der Waals surface area contributed by atoms with Crippen LogP contribution in [0.5, 0.6) is 0 Å². The van der Waals surface area contributed by atoms with Crippen LogP contribution in [0.1, 0.15) is 11.5 Å². The van der Waals surface area contributed by atoms with Crippen molar-refractivity contribution in [1.29, 1.82) is 5.26 Å². The quantitative estimate of drug-likeness (QED) is 0.589. The maximum absolute atomic E-state index is 13.2. The van der Waals surface area contributed by atoms with Crippen LogP contribution in [0.15, 0.2) is 102 Å². The second kappa shape index (κ2) is 9.38. The summed E-state index contributed by atoms with van der Waals surface area (Å²) in [5, 5.41) is 10.2. The zero-order valence-corrected chi connectivity index (χ0v) is 18.6. The molecule has 0 aliphatic carbocycles. The number of methoxy groups -OCH3 is 2. The number of benzene rings is 2. The number of ether oxygens (including phenoxy) is 2. The topological polar surface area (TPSA) is 111 Å². The van der Waals surface area contributed by atoms with Crippen LogP contribution in [-0.4, -0.2) is 30.7 Å². The van der Waals surface area contributed by atoms with E-state index in [1.165, 1.54) is 19.1 Å². The summed E-state index contributed by atoms with van der Waals surface area (Å²) in [6.45, 7) is 0. The van der Waals surface area contributed by atoms with Crippen LogP contribution in [0.25, 0.3) is 5.69 Å². The van der Waals surface area contributed by atoms with Crippen molar-refractivity contribution in [2.24, 2.45) is 5.73 Å². The number of para-hydroxylation sites is 2. The Morgan fingerprint density at radius 2 is 1.47 bits per heavy atom. The molecule has 1 aromatic heterocycles. The average Bonchev–Trinajstić information content (AvgIpc) is 3.42. The molecule has 4 rings (SSSR count). The molecule has 34 heavy (non-hydrogen) atoms. The lowest BCUT2D eigenvalue weighted by molar-refractivity contribution is -0.139. The fourth-order valence-corrected chi connectivity index (χ4v) is 4.13. The predicted molar refractivity (Wildman–Crippen MR) is 125 cm³/mol. The third kappa shape index (κ3) is 3.69. The molecule has 0 saturated carbocycles. The first-order chi connectivity index (χ1) is 16.5. The molecule has 1 aliphatic heterocycles. The molecule has 1 aliphatic rings. The van der Waals surface area contributed by atoms with Gasteiger partial charge in [-0.3, -0.25) is 4.90 Å². The SMILES string of the molecule is COC(=O)C1=C(C(=O)OC)N(c2ccccc2-n2cccc2)C(N)=C(C#N)C1c1ccccc1. The minimum absolute atomic E-state index is 0.0176. The van der Waals surface area contributed by atoms with Crippen molar-refractivity contribution >= 4 is 17.6 Å². The highest BCUT2D eigenvalue weighted by atomic mass is 16.5. The highest BCUT2D eigenvalue weighted by Crippen LogP contribution is 2.44. The number of rotatable bonds is 5. The summed E-state index contributed by atoms with van der Waals surface area (Å²) in [4.78, 5) is 27.7. The molecule has 1 unspecified atom stereocenters. The van der Waals surface area contributed by atoms with Crippen LogP contribution < -0.4 is 10.6 Å². The van der Waals surface area contributed by atoms with Crippen LogP contribution in [0.3, 0.4) is 0 Å². The molecule has 0 bridgehead atoms. The molecule has 1 atom stereocenters. The maximum Gasteiger partial charge on any atom is 0.355 e. The number of nitriles is 1. The van der Waals surface area contributed by atoms with E-state index in [4.69, 9.17) is 15.2 Å². The van der Waals surface area contributed by atoms with Crippen LogP contribution in [0.4, 0.5) is 5.69 Å². The van der Waals surface area contributed by atoms with E-state index in [1.54, 1.807) is 36.4 Å². The van der Waals surface area contributed by atoms with Gasteiger partial charge in [0, 0.05) is 12.4 Å². The van der Waals surface area contributed by atoms with E-state index < -0.39 is 17.9 Å². The smallest absolute Gasteiger partial charge is 0.355 e. The third-order valence-electron chi connectivity index (χ3n) is 5.62. The largest absolute Gasteiger partial charge is 0.466 e. The van der Waals surface area contributed by atoms with E-state index in [-0.39, 0.29) is 22.7 Å². The van der Waals surface area contributed by atoms with Gasteiger partial charge in [-0.05, 0) is 29.8 Å². The minimum atomic E-state index is -0.914. The molecule has 2 N–H and O–H groups in total. The zero-order valence-electron chi connectivity index (χ0n) is 18.6.